The minimum atomic E-state index is -0.378. The fraction of sp³-hybridized carbons (Fsp3) is 0.316. The molecule has 1 aliphatic rings. The Morgan fingerprint density at radius 3 is 2.84 bits per heavy atom. The zero-order valence-corrected chi connectivity index (χ0v) is 13.9. The molecule has 2 heterocycles. The van der Waals surface area contributed by atoms with E-state index in [4.69, 9.17) is 10.8 Å². The largest absolute Gasteiger partial charge is 0.369 e. The standard InChI is InChI=1S/C19H20N4O2/c20-16(24)11-12-4-3-5-13(10-12)18-17-15(8-9-21-19(17)25)23(22-18)14-6-1-2-7-14/h3-5,8-10,14H,1-2,6-7,11H2,(H2,20,24)(H,21,25). The van der Waals surface area contributed by atoms with E-state index in [9.17, 15) is 9.59 Å². The molecule has 1 aliphatic carbocycles. The van der Waals surface area contributed by atoms with Crippen LogP contribution in [0.2, 0.25) is 0 Å². The maximum atomic E-state index is 12.5. The van der Waals surface area contributed by atoms with Crippen molar-refractivity contribution in [2.24, 2.45) is 5.73 Å². The van der Waals surface area contributed by atoms with Crippen molar-refractivity contribution in [3.63, 3.8) is 0 Å². The first-order valence-corrected chi connectivity index (χ1v) is 8.61. The fourth-order valence-electron chi connectivity index (χ4n) is 3.76. The van der Waals surface area contributed by atoms with Crippen LogP contribution in [0, 0.1) is 0 Å². The lowest BCUT2D eigenvalue weighted by Crippen LogP contribution is -2.13. The number of fused-ring (bicyclic) bond motifs is 1. The first kappa shape index (κ1) is 15.6. The molecule has 128 valence electrons. The zero-order valence-electron chi connectivity index (χ0n) is 13.9. The molecule has 3 aromatic rings. The Morgan fingerprint density at radius 1 is 1.28 bits per heavy atom. The summed E-state index contributed by atoms with van der Waals surface area (Å²) in [6.45, 7) is 0. The van der Waals surface area contributed by atoms with E-state index in [-0.39, 0.29) is 17.9 Å². The van der Waals surface area contributed by atoms with Crippen molar-refractivity contribution < 1.29 is 4.79 Å². The van der Waals surface area contributed by atoms with Crippen LogP contribution >= 0.6 is 0 Å². The molecule has 0 atom stereocenters. The molecule has 1 aromatic carbocycles. The number of amides is 1. The topological polar surface area (TPSA) is 93.8 Å². The number of H-pyrrole nitrogens is 1. The summed E-state index contributed by atoms with van der Waals surface area (Å²) in [5.41, 5.74) is 8.34. The molecule has 1 amide bonds. The lowest BCUT2D eigenvalue weighted by Gasteiger charge is -2.10. The van der Waals surface area contributed by atoms with Crippen molar-refractivity contribution in [3.05, 3.63) is 52.4 Å². The highest BCUT2D eigenvalue weighted by Gasteiger charge is 2.23. The van der Waals surface area contributed by atoms with Crippen LogP contribution in [0.1, 0.15) is 37.3 Å². The molecule has 1 saturated carbocycles. The third-order valence-electron chi connectivity index (χ3n) is 4.88. The molecule has 4 rings (SSSR count). The van der Waals surface area contributed by atoms with Crippen LogP contribution in [0.3, 0.4) is 0 Å². The maximum Gasteiger partial charge on any atom is 0.259 e. The highest BCUT2D eigenvalue weighted by Crippen LogP contribution is 2.34. The molecule has 25 heavy (non-hydrogen) atoms. The molecule has 0 radical (unpaired) electrons. The summed E-state index contributed by atoms with van der Waals surface area (Å²) in [7, 11) is 0. The number of nitrogens with two attached hydrogens (primary N) is 1. The van der Waals surface area contributed by atoms with Crippen LogP contribution in [-0.2, 0) is 11.2 Å². The summed E-state index contributed by atoms with van der Waals surface area (Å²) < 4.78 is 2.01. The number of pyridine rings is 1. The van der Waals surface area contributed by atoms with E-state index in [1.807, 2.05) is 35.0 Å². The summed E-state index contributed by atoms with van der Waals surface area (Å²) in [6.07, 6.45) is 6.41. The van der Waals surface area contributed by atoms with Gasteiger partial charge in [-0.3, -0.25) is 14.3 Å². The number of aromatic nitrogens is 3. The van der Waals surface area contributed by atoms with E-state index in [0.29, 0.717) is 17.1 Å². The predicted molar refractivity (Wildman–Crippen MR) is 96.2 cm³/mol. The van der Waals surface area contributed by atoms with Gasteiger partial charge in [0.1, 0.15) is 5.69 Å². The van der Waals surface area contributed by atoms with Crippen LogP contribution in [0.15, 0.2) is 41.3 Å². The molecule has 0 unspecified atom stereocenters. The Kier molecular flexibility index (Phi) is 3.87. The fourth-order valence-corrected chi connectivity index (χ4v) is 3.76. The van der Waals surface area contributed by atoms with Crippen LogP contribution < -0.4 is 11.3 Å². The Labute approximate surface area is 144 Å². The minimum absolute atomic E-state index is 0.142. The predicted octanol–water partition coefficient (Wildman–Crippen LogP) is 2.53. The number of nitrogens with one attached hydrogen (secondary N) is 1. The first-order valence-electron chi connectivity index (χ1n) is 8.61. The molecule has 6 heteroatoms. The van der Waals surface area contributed by atoms with E-state index in [1.54, 1.807) is 6.20 Å². The normalized spacial score (nSPS) is 15.0. The third-order valence-corrected chi connectivity index (χ3v) is 4.88. The van der Waals surface area contributed by atoms with Gasteiger partial charge in [0.15, 0.2) is 0 Å². The Bertz CT molecular complexity index is 996. The molecule has 0 bridgehead atoms. The van der Waals surface area contributed by atoms with Gasteiger partial charge >= 0.3 is 0 Å². The number of benzene rings is 1. The highest BCUT2D eigenvalue weighted by molar-refractivity contribution is 5.92. The lowest BCUT2D eigenvalue weighted by molar-refractivity contribution is -0.117. The van der Waals surface area contributed by atoms with Crippen LogP contribution in [-0.4, -0.2) is 20.7 Å². The smallest absolute Gasteiger partial charge is 0.259 e. The second-order valence-electron chi connectivity index (χ2n) is 6.64. The van der Waals surface area contributed by atoms with Gasteiger partial charge in [-0.15, -0.1) is 0 Å². The molecule has 6 nitrogen and oxygen atoms in total. The van der Waals surface area contributed by atoms with Crippen LogP contribution in [0.25, 0.3) is 22.2 Å². The van der Waals surface area contributed by atoms with Gasteiger partial charge in [-0.1, -0.05) is 31.0 Å². The van der Waals surface area contributed by atoms with Gasteiger partial charge in [0.25, 0.3) is 5.56 Å². The quantitative estimate of drug-likeness (QED) is 0.766. The molecule has 2 aromatic heterocycles. The summed E-state index contributed by atoms with van der Waals surface area (Å²) in [5.74, 6) is -0.378. The third kappa shape index (κ3) is 2.84. The second-order valence-corrected chi connectivity index (χ2v) is 6.64. The van der Waals surface area contributed by atoms with E-state index in [1.165, 1.54) is 12.8 Å². The summed E-state index contributed by atoms with van der Waals surface area (Å²) in [5, 5.41) is 5.41. The van der Waals surface area contributed by atoms with Crippen molar-refractivity contribution in [3.8, 4) is 11.3 Å². The van der Waals surface area contributed by atoms with Crippen LogP contribution in [0.4, 0.5) is 0 Å². The minimum Gasteiger partial charge on any atom is -0.369 e. The van der Waals surface area contributed by atoms with E-state index in [0.717, 1.165) is 29.5 Å². The van der Waals surface area contributed by atoms with Crippen LogP contribution in [0.5, 0.6) is 0 Å². The summed E-state index contributed by atoms with van der Waals surface area (Å²) in [4.78, 5) is 26.4. The number of carbonyl (C=O) groups excluding carboxylic acids is 1. The summed E-state index contributed by atoms with van der Waals surface area (Å²) >= 11 is 0. The number of hydrogen-bond acceptors (Lipinski definition) is 3. The first-order chi connectivity index (χ1) is 12.1. The zero-order chi connectivity index (χ0) is 17.4. The average molecular weight is 336 g/mol. The highest BCUT2D eigenvalue weighted by atomic mass is 16.1. The maximum absolute atomic E-state index is 12.5. The molecule has 1 fully saturated rings. The van der Waals surface area contributed by atoms with Crippen molar-refractivity contribution in [2.75, 3.05) is 0 Å². The molecule has 0 spiro atoms. The van der Waals surface area contributed by atoms with Gasteiger partial charge in [-0.05, 0) is 30.5 Å². The van der Waals surface area contributed by atoms with Crippen molar-refractivity contribution in [1.82, 2.24) is 14.8 Å². The Balaban J connectivity index is 1.90. The van der Waals surface area contributed by atoms with E-state index in [2.05, 4.69) is 4.98 Å². The van der Waals surface area contributed by atoms with Crippen molar-refractivity contribution in [2.45, 2.75) is 38.1 Å². The summed E-state index contributed by atoms with van der Waals surface area (Å²) in [6, 6.07) is 9.78. The molecule has 3 N–H and O–H groups in total. The van der Waals surface area contributed by atoms with Crippen molar-refractivity contribution in [1.29, 1.82) is 0 Å². The Morgan fingerprint density at radius 2 is 2.08 bits per heavy atom. The molecular formula is C19H20N4O2. The number of hydrogen-bond donors (Lipinski definition) is 2. The number of rotatable bonds is 4. The average Bonchev–Trinajstić information content (AvgIpc) is 3.22. The lowest BCUT2D eigenvalue weighted by atomic mass is 10.0. The van der Waals surface area contributed by atoms with E-state index < -0.39 is 0 Å². The molecule has 0 aliphatic heterocycles. The van der Waals surface area contributed by atoms with Gasteiger partial charge < -0.3 is 10.7 Å². The van der Waals surface area contributed by atoms with E-state index >= 15 is 0 Å². The molecule has 0 saturated heterocycles. The van der Waals surface area contributed by atoms with Gasteiger partial charge in [-0.2, -0.15) is 5.10 Å². The monoisotopic (exact) mass is 336 g/mol. The SMILES string of the molecule is NC(=O)Cc1cccc(-c2nn(C3CCCC3)c3cc[nH]c(=O)c23)c1. The molecular weight excluding hydrogens is 316 g/mol. The van der Waals surface area contributed by atoms with Gasteiger partial charge in [-0.25, -0.2) is 0 Å². The van der Waals surface area contributed by atoms with Gasteiger partial charge in [0.05, 0.1) is 23.4 Å². The van der Waals surface area contributed by atoms with Gasteiger partial charge in [0.2, 0.25) is 5.91 Å². The number of carbonyl (C=O) groups is 1. The Hall–Kier alpha value is -2.89. The van der Waals surface area contributed by atoms with Crippen molar-refractivity contribution >= 4 is 16.8 Å². The van der Waals surface area contributed by atoms with Gasteiger partial charge in [0, 0.05) is 11.8 Å². The number of nitrogens with zero attached hydrogens (tertiary/aromatic N) is 2. The number of aromatic amines is 1. The number of primary amides is 1. The second kappa shape index (κ2) is 6.20.